The van der Waals surface area contributed by atoms with E-state index in [9.17, 15) is 23.7 Å². The maximum absolute atomic E-state index is 13.8. The summed E-state index contributed by atoms with van der Waals surface area (Å²) in [5.74, 6) is -3.25. The summed E-state index contributed by atoms with van der Waals surface area (Å²) in [4.78, 5) is 21.4. The van der Waals surface area contributed by atoms with Gasteiger partial charge >= 0.3 is 5.69 Å². The van der Waals surface area contributed by atoms with Gasteiger partial charge in [-0.3, -0.25) is 14.9 Å². The van der Waals surface area contributed by atoms with E-state index in [-0.39, 0.29) is 12.0 Å². The molecule has 0 aliphatic carbocycles. The molecule has 21 heavy (non-hydrogen) atoms. The molecule has 0 aromatic heterocycles. The molecule has 5 nitrogen and oxygen atoms in total. The van der Waals surface area contributed by atoms with Crippen LogP contribution in [0.3, 0.4) is 0 Å². The Morgan fingerprint density at radius 1 is 1.43 bits per heavy atom. The number of carbonyl (C=O) groups is 1. The molecule has 0 saturated heterocycles. The molecule has 0 fully saturated rings. The minimum absolute atomic E-state index is 0.237. The third-order valence-electron chi connectivity index (χ3n) is 2.96. The highest BCUT2D eigenvalue weighted by atomic mass is 79.9. The number of nitrogens with zero attached hydrogens (tertiary/aromatic N) is 1. The third kappa shape index (κ3) is 4.73. The molecule has 0 unspecified atom stereocenters. The first-order chi connectivity index (χ1) is 9.68. The lowest BCUT2D eigenvalue weighted by Gasteiger charge is -2.23. The van der Waals surface area contributed by atoms with Crippen LogP contribution in [0.2, 0.25) is 0 Å². The van der Waals surface area contributed by atoms with Crippen LogP contribution in [-0.4, -0.2) is 22.7 Å². The predicted octanol–water partition coefficient (Wildman–Crippen LogP) is 3.41. The highest BCUT2D eigenvalue weighted by Gasteiger charge is 2.25. The highest BCUT2D eigenvalue weighted by molar-refractivity contribution is 9.09. The summed E-state index contributed by atoms with van der Waals surface area (Å²) in [6, 6.07) is 1.09. The molecule has 8 heteroatoms. The van der Waals surface area contributed by atoms with Gasteiger partial charge in [-0.15, -0.1) is 0 Å². The van der Waals surface area contributed by atoms with Gasteiger partial charge in [0, 0.05) is 11.9 Å². The van der Waals surface area contributed by atoms with Crippen LogP contribution < -0.4 is 5.32 Å². The van der Waals surface area contributed by atoms with Crippen LogP contribution in [0.1, 0.15) is 30.6 Å². The average molecular weight is 365 g/mol. The molecule has 0 aliphatic rings. The van der Waals surface area contributed by atoms with Crippen LogP contribution in [0.15, 0.2) is 12.1 Å². The minimum Gasteiger partial charge on any atom is -0.351 e. The SMILES string of the molecule is CC(C)(CCBr)CNC(=O)c1cc(F)cc([N+](=O)[O-])c1F. The Morgan fingerprint density at radius 3 is 2.57 bits per heavy atom. The fourth-order valence-corrected chi connectivity index (χ4v) is 2.71. The number of nitro groups is 1. The van der Waals surface area contributed by atoms with Crippen LogP contribution in [0, 0.1) is 27.2 Å². The standard InChI is InChI=1S/C13H15BrF2N2O3/c1-13(2,3-4-14)7-17-12(19)9-5-8(15)6-10(11(9)16)18(20)21/h5-6H,3-4,7H2,1-2H3,(H,17,19). The summed E-state index contributed by atoms with van der Waals surface area (Å²) in [7, 11) is 0. The van der Waals surface area contributed by atoms with Crippen molar-refractivity contribution in [2.24, 2.45) is 5.41 Å². The Hall–Kier alpha value is -1.57. The number of benzene rings is 1. The summed E-state index contributed by atoms with van der Waals surface area (Å²) in [5.41, 5.74) is -1.97. The molecule has 0 atom stereocenters. The summed E-state index contributed by atoms with van der Waals surface area (Å²) in [6.07, 6.45) is 0.763. The number of alkyl halides is 1. The number of rotatable bonds is 6. The molecule has 0 bridgehead atoms. The first-order valence-electron chi connectivity index (χ1n) is 6.15. The van der Waals surface area contributed by atoms with Crippen molar-refractivity contribution in [2.45, 2.75) is 20.3 Å². The van der Waals surface area contributed by atoms with Crippen molar-refractivity contribution >= 4 is 27.5 Å². The fraction of sp³-hybridized carbons (Fsp3) is 0.462. The molecule has 1 aromatic carbocycles. The van der Waals surface area contributed by atoms with Crippen molar-refractivity contribution in [1.29, 1.82) is 0 Å². The molecule has 0 saturated carbocycles. The van der Waals surface area contributed by atoms with E-state index in [0.717, 1.165) is 11.8 Å². The molecule has 1 N–H and O–H groups in total. The van der Waals surface area contributed by atoms with Crippen molar-refractivity contribution in [3.05, 3.63) is 39.4 Å². The van der Waals surface area contributed by atoms with Gasteiger partial charge in [0.2, 0.25) is 5.82 Å². The summed E-state index contributed by atoms with van der Waals surface area (Å²) in [5, 5.41) is 13.8. The van der Waals surface area contributed by atoms with Crippen molar-refractivity contribution in [1.82, 2.24) is 5.32 Å². The zero-order chi connectivity index (χ0) is 16.2. The van der Waals surface area contributed by atoms with Crippen molar-refractivity contribution in [3.63, 3.8) is 0 Å². The van der Waals surface area contributed by atoms with E-state index in [2.05, 4.69) is 21.2 Å². The zero-order valence-corrected chi connectivity index (χ0v) is 13.2. The lowest BCUT2D eigenvalue weighted by molar-refractivity contribution is -0.387. The number of nitro benzene ring substituents is 1. The summed E-state index contributed by atoms with van der Waals surface area (Å²) >= 11 is 3.29. The minimum atomic E-state index is -1.34. The molecule has 0 aliphatic heterocycles. The predicted molar refractivity (Wildman–Crippen MR) is 77.5 cm³/mol. The van der Waals surface area contributed by atoms with E-state index in [1.165, 1.54) is 0 Å². The molecule has 1 aromatic rings. The zero-order valence-electron chi connectivity index (χ0n) is 11.6. The Kier molecular flexibility index (Phi) is 5.77. The Balaban J connectivity index is 2.96. The van der Waals surface area contributed by atoms with E-state index in [1.807, 2.05) is 13.8 Å². The molecule has 0 spiro atoms. The van der Waals surface area contributed by atoms with Crippen LogP contribution in [0.5, 0.6) is 0 Å². The third-order valence-corrected chi connectivity index (χ3v) is 3.35. The maximum atomic E-state index is 13.8. The maximum Gasteiger partial charge on any atom is 0.308 e. The molecule has 1 rings (SSSR count). The van der Waals surface area contributed by atoms with Gasteiger partial charge in [-0.05, 0) is 17.9 Å². The van der Waals surface area contributed by atoms with E-state index in [0.29, 0.717) is 12.1 Å². The molecule has 0 radical (unpaired) electrons. The van der Waals surface area contributed by atoms with Crippen LogP contribution in [-0.2, 0) is 0 Å². The molecular formula is C13H15BrF2N2O3. The fourth-order valence-electron chi connectivity index (χ4n) is 1.63. The van der Waals surface area contributed by atoms with Crippen LogP contribution in [0.4, 0.5) is 14.5 Å². The van der Waals surface area contributed by atoms with Gasteiger partial charge in [-0.25, -0.2) is 4.39 Å². The molecule has 0 heterocycles. The first-order valence-corrected chi connectivity index (χ1v) is 7.27. The quantitative estimate of drug-likeness (QED) is 0.477. The van der Waals surface area contributed by atoms with Gasteiger partial charge < -0.3 is 5.32 Å². The van der Waals surface area contributed by atoms with Gasteiger partial charge in [0.25, 0.3) is 5.91 Å². The largest absolute Gasteiger partial charge is 0.351 e. The second-order valence-electron chi connectivity index (χ2n) is 5.33. The Labute approximate surface area is 129 Å². The van der Waals surface area contributed by atoms with Crippen molar-refractivity contribution in [3.8, 4) is 0 Å². The highest BCUT2D eigenvalue weighted by Crippen LogP contribution is 2.23. The van der Waals surface area contributed by atoms with Gasteiger partial charge in [0.05, 0.1) is 16.6 Å². The van der Waals surface area contributed by atoms with Gasteiger partial charge in [0.15, 0.2) is 0 Å². The number of amides is 1. The Bertz CT molecular complexity index is 565. The van der Waals surface area contributed by atoms with Gasteiger partial charge in [-0.2, -0.15) is 4.39 Å². The molecular weight excluding hydrogens is 350 g/mol. The number of nitrogens with one attached hydrogen (secondary N) is 1. The lowest BCUT2D eigenvalue weighted by Crippen LogP contribution is -2.34. The number of halogens is 3. The smallest absolute Gasteiger partial charge is 0.308 e. The van der Waals surface area contributed by atoms with Crippen LogP contribution >= 0.6 is 15.9 Å². The number of hydrogen-bond acceptors (Lipinski definition) is 3. The van der Waals surface area contributed by atoms with Crippen molar-refractivity contribution in [2.75, 3.05) is 11.9 Å². The molecule has 116 valence electrons. The summed E-state index contributed by atoms with van der Waals surface area (Å²) in [6.45, 7) is 4.04. The second kappa shape index (κ2) is 6.93. The van der Waals surface area contributed by atoms with E-state index < -0.39 is 33.7 Å². The second-order valence-corrected chi connectivity index (χ2v) is 6.12. The van der Waals surface area contributed by atoms with Crippen LogP contribution in [0.25, 0.3) is 0 Å². The van der Waals surface area contributed by atoms with Gasteiger partial charge in [-0.1, -0.05) is 29.8 Å². The molecule has 1 amide bonds. The normalized spacial score (nSPS) is 11.3. The average Bonchev–Trinajstić information content (AvgIpc) is 2.38. The lowest BCUT2D eigenvalue weighted by atomic mass is 9.90. The number of carbonyl (C=O) groups excluding carboxylic acids is 1. The van der Waals surface area contributed by atoms with E-state index in [4.69, 9.17) is 0 Å². The summed E-state index contributed by atoms with van der Waals surface area (Å²) < 4.78 is 27.1. The van der Waals surface area contributed by atoms with E-state index >= 15 is 0 Å². The topological polar surface area (TPSA) is 72.2 Å². The first kappa shape index (κ1) is 17.5. The number of hydrogen-bond donors (Lipinski definition) is 1. The Morgan fingerprint density at radius 2 is 2.05 bits per heavy atom. The van der Waals surface area contributed by atoms with E-state index in [1.54, 1.807) is 0 Å². The monoisotopic (exact) mass is 364 g/mol. The van der Waals surface area contributed by atoms with Crippen molar-refractivity contribution < 1.29 is 18.5 Å². The van der Waals surface area contributed by atoms with Gasteiger partial charge in [0.1, 0.15) is 5.82 Å².